The summed E-state index contributed by atoms with van der Waals surface area (Å²) in [5.41, 5.74) is 1.93. The number of aromatic nitrogens is 1. The first-order chi connectivity index (χ1) is 15.0. The topological polar surface area (TPSA) is 78.7 Å². The number of carbonyl (C=O) groups excluding carboxylic acids is 1. The second kappa shape index (κ2) is 9.13. The minimum Gasteiger partial charge on any atom is -0.466 e. The molecule has 0 bridgehead atoms. The van der Waals surface area contributed by atoms with E-state index in [0.717, 1.165) is 75.6 Å². The number of rotatable bonds is 4. The SMILES string of the molecule is CCOC(=O)[C@@]12CC[C@@H](N3CCOCC3)C[C@H]1CCN(c1nc(C)cc(C)c1C#N)C2. The minimum atomic E-state index is -0.525. The molecule has 3 atom stereocenters. The van der Waals surface area contributed by atoms with Gasteiger partial charge in [0.25, 0.3) is 0 Å². The number of pyridine rings is 1. The smallest absolute Gasteiger partial charge is 0.314 e. The second-order valence-electron chi connectivity index (χ2n) is 9.25. The van der Waals surface area contributed by atoms with Crippen LogP contribution in [0.15, 0.2) is 6.07 Å². The molecular weight excluding hydrogens is 392 g/mol. The van der Waals surface area contributed by atoms with Crippen molar-refractivity contribution >= 4 is 11.8 Å². The molecule has 7 nitrogen and oxygen atoms in total. The minimum absolute atomic E-state index is 0.0759. The van der Waals surface area contributed by atoms with Crippen molar-refractivity contribution in [3.05, 3.63) is 22.9 Å². The molecule has 4 rings (SSSR count). The second-order valence-corrected chi connectivity index (χ2v) is 9.25. The first-order valence-electron chi connectivity index (χ1n) is 11.6. The molecule has 3 aliphatic rings. The molecule has 1 saturated carbocycles. The van der Waals surface area contributed by atoms with Gasteiger partial charge >= 0.3 is 5.97 Å². The average Bonchev–Trinajstić information content (AvgIpc) is 2.78. The van der Waals surface area contributed by atoms with Crippen molar-refractivity contribution in [1.29, 1.82) is 5.26 Å². The van der Waals surface area contributed by atoms with Crippen LogP contribution in [0.2, 0.25) is 0 Å². The number of morpholine rings is 1. The van der Waals surface area contributed by atoms with Crippen LogP contribution in [0.3, 0.4) is 0 Å². The number of hydrogen-bond donors (Lipinski definition) is 0. The van der Waals surface area contributed by atoms with Crippen LogP contribution in [-0.4, -0.2) is 67.9 Å². The zero-order valence-electron chi connectivity index (χ0n) is 19.0. The molecule has 0 N–H and O–H groups in total. The number of hydrogen-bond acceptors (Lipinski definition) is 7. The molecule has 3 fully saturated rings. The summed E-state index contributed by atoms with van der Waals surface area (Å²) in [5, 5.41) is 9.77. The summed E-state index contributed by atoms with van der Waals surface area (Å²) in [5.74, 6) is 0.936. The molecule has 1 aromatic heterocycles. The lowest BCUT2D eigenvalue weighted by atomic mass is 9.61. The molecule has 31 heavy (non-hydrogen) atoms. The van der Waals surface area contributed by atoms with Gasteiger partial charge in [0.2, 0.25) is 0 Å². The van der Waals surface area contributed by atoms with Gasteiger partial charge in [-0.25, -0.2) is 4.98 Å². The zero-order chi connectivity index (χ0) is 22.0. The number of carbonyl (C=O) groups is 1. The monoisotopic (exact) mass is 426 g/mol. The number of nitriles is 1. The zero-order valence-corrected chi connectivity index (χ0v) is 19.0. The van der Waals surface area contributed by atoms with Crippen molar-refractivity contribution in [1.82, 2.24) is 9.88 Å². The van der Waals surface area contributed by atoms with E-state index < -0.39 is 5.41 Å². The molecule has 2 saturated heterocycles. The summed E-state index contributed by atoms with van der Waals surface area (Å²) >= 11 is 0. The van der Waals surface area contributed by atoms with Gasteiger partial charge in [-0.15, -0.1) is 0 Å². The maximum Gasteiger partial charge on any atom is 0.314 e. The van der Waals surface area contributed by atoms with E-state index in [-0.39, 0.29) is 5.97 Å². The van der Waals surface area contributed by atoms with Crippen LogP contribution in [0.4, 0.5) is 5.82 Å². The van der Waals surface area contributed by atoms with Crippen LogP contribution < -0.4 is 4.90 Å². The Kier molecular flexibility index (Phi) is 6.49. The predicted octanol–water partition coefficient (Wildman–Crippen LogP) is 2.83. The van der Waals surface area contributed by atoms with E-state index >= 15 is 0 Å². The van der Waals surface area contributed by atoms with E-state index in [9.17, 15) is 10.1 Å². The van der Waals surface area contributed by atoms with Gasteiger partial charge in [-0.2, -0.15) is 5.26 Å². The Balaban J connectivity index is 1.62. The van der Waals surface area contributed by atoms with Crippen molar-refractivity contribution in [2.24, 2.45) is 11.3 Å². The summed E-state index contributed by atoms with van der Waals surface area (Å²) in [4.78, 5) is 22.8. The lowest BCUT2D eigenvalue weighted by Gasteiger charge is -2.52. The number of ether oxygens (including phenoxy) is 2. The van der Waals surface area contributed by atoms with Crippen molar-refractivity contribution in [2.75, 3.05) is 50.9 Å². The lowest BCUT2D eigenvalue weighted by Crippen LogP contribution is -2.59. The Morgan fingerprint density at radius 2 is 2.10 bits per heavy atom. The average molecular weight is 427 g/mol. The van der Waals surface area contributed by atoms with Crippen LogP contribution in [0, 0.1) is 36.5 Å². The molecule has 1 aliphatic carbocycles. The number of esters is 1. The largest absolute Gasteiger partial charge is 0.466 e. The van der Waals surface area contributed by atoms with E-state index in [1.54, 1.807) is 0 Å². The third kappa shape index (κ3) is 4.16. The van der Waals surface area contributed by atoms with Gasteiger partial charge in [-0.05, 0) is 64.0 Å². The third-order valence-electron chi connectivity index (χ3n) is 7.46. The highest BCUT2D eigenvalue weighted by atomic mass is 16.5. The highest BCUT2D eigenvalue weighted by Crippen LogP contribution is 2.49. The number of piperidine rings is 1. The number of nitrogens with zero attached hydrogens (tertiary/aromatic N) is 4. The van der Waals surface area contributed by atoms with Crippen molar-refractivity contribution in [3.63, 3.8) is 0 Å². The molecule has 1 aromatic rings. The summed E-state index contributed by atoms with van der Waals surface area (Å²) < 4.78 is 11.2. The van der Waals surface area contributed by atoms with Crippen LogP contribution in [0.25, 0.3) is 0 Å². The maximum absolute atomic E-state index is 13.3. The summed E-state index contributed by atoms with van der Waals surface area (Å²) in [7, 11) is 0. The quantitative estimate of drug-likeness (QED) is 0.685. The van der Waals surface area contributed by atoms with Crippen molar-refractivity contribution in [2.45, 2.75) is 52.5 Å². The lowest BCUT2D eigenvalue weighted by molar-refractivity contribution is -0.164. The molecule has 0 amide bonds. The predicted molar refractivity (Wildman–Crippen MR) is 118 cm³/mol. The van der Waals surface area contributed by atoms with Gasteiger partial charge in [0.15, 0.2) is 0 Å². The molecule has 2 aliphatic heterocycles. The number of anilines is 1. The molecule has 0 aromatic carbocycles. The molecule has 168 valence electrons. The maximum atomic E-state index is 13.3. The summed E-state index contributed by atoms with van der Waals surface area (Å²) in [6.45, 7) is 11.1. The normalized spacial score (nSPS) is 29.2. The van der Waals surface area contributed by atoms with Crippen LogP contribution in [-0.2, 0) is 14.3 Å². The Bertz CT molecular complexity index is 861. The van der Waals surface area contributed by atoms with Gasteiger partial charge in [0.05, 0.1) is 30.8 Å². The van der Waals surface area contributed by atoms with Gasteiger partial charge < -0.3 is 14.4 Å². The Labute approximate surface area is 185 Å². The van der Waals surface area contributed by atoms with E-state index in [1.807, 2.05) is 26.8 Å². The third-order valence-corrected chi connectivity index (χ3v) is 7.46. The molecule has 7 heteroatoms. The highest BCUT2D eigenvalue weighted by molar-refractivity contribution is 5.79. The Morgan fingerprint density at radius 3 is 2.81 bits per heavy atom. The first-order valence-corrected chi connectivity index (χ1v) is 11.6. The molecule has 0 radical (unpaired) electrons. The van der Waals surface area contributed by atoms with E-state index in [2.05, 4.69) is 15.9 Å². The van der Waals surface area contributed by atoms with E-state index in [0.29, 0.717) is 30.7 Å². The van der Waals surface area contributed by atoms with Gasteiger partial charge in [-0.3, -0.25) is 9.69 Å². The molecule has 0 spiro atoms. The highest BCUT2D eigenvalue weighted by Gasteiger charge is 2.54. The van der Waals surface area contributed by atoms with Crippen LogP contribution in [0.1, 0.15) is 49.4 Å². The van der Waals surface area contributed by atoms with Gasteiger partial charge in [0.1, 0.15) is 11.9 Å². The van der Waals surface area contributed by atoms with Crippen LogP contribution in [0.5, 0.6) is 0 Å². The van der Waals surface area contributed by atoms with Gasteiger partial charge in [-0.1, -0.05) is 0 Å². The number of aryl methyl sites for hydroxylation is 2. The fourth-order valence-corrected chi connectivity index (χ4v) is 5.88. The van der Waals surface area contributed by atoms with Gasteiger partial charge in [0, 0.05) is 37.9 Å². The number of fused-ring (bicyclic) bond motifs is 1. The fourth-order valence-electron chi connectivity index (χ4n) is 5.88. The standard InChI is InChI=1S/C24H34N4O3/c1-4-31-23(29)24-7-5-20(27-9-11-30-12-10-27)14-19(24)6-8-28(16-24)22-21(15-25)17(2)13-18(3)26-22/h13,19-20H,4-12,14,16H2,1-3H3/t19-,20-,24-/m1/s1. The molecular formula is C24H34N4O3. The fraction of sp³-hybridized carbons (Fsp3) is 0.708. The molecule has 3 heterocycles. The Hall–Kier alpha value is -2.17. The summed E-state index contributed by atoms with van der Waals surface area (Å²) in [6.07, 6.45) is 3.76. The first kappa shape index (κ1) is 22.0. The van der Waals surface area contributed by atoms with Crippen LogP contribution >= 0.6 is 0 Å². The molecule has 0 unspecified atom stereocenters. The Morgan fingerprint density at radius 1 is 1.32 bits per heavy atom. The summed E-state index contributed by atoms with van der Waals surface area (Å²) in [6, 6.07) is 4.80. The van der Waals surface area contributed by atoms with Crippen molar-refractivity contribution < 1.29 is 14.3 Å². The van der Waals surface area contributed by atoms with E-state index in [4.69, 9.17) is 14.5 Å². The van der Waals surface area contributed by atoms with Crippen molar-refractivity contribution in [3.8, 4) is 6.07 Å². The van der Waals surface area contributed by atoms with E-state index in [1.165, 1.54) is 0 Å².